The largest absolute Gasteiger partial charge is 0.490 e. The summed E-state index contributed by atoms with van der Waals surface area (Å²) in [6.07, 6.45) is -1.28. The van der Waals surface area contributed by atoms with Crippen LogP contribution in [0, 0.1) is 0 Å². The van der Waals surface area contributed by atoms with E-state index in [0.717, 1.165) is 6.42 Å². The molecule has 0 amide bonds. The molecule has 0 radical (unpaired) electrons. The maximum atomic E-state index is 10.6. The normalized spacial score (nSPS) is 12.6. The van der Waals surface area contributed by atoms with Crippen molar-refractivity contribution in [2.24, 2.45) is 5.73 Å². The molecule has 0 bridgehead atoms. The van der Waals surface area contributed by atoms with Crippen molar-refractivity contribution in [3.05, 3.63) is 12.2 Å². The number of carboxylic acids is 1. The number of alkyl halides is 3. The molecule has 5 nitrogen and oxygen atoms in total. The lowest BCUT2D eigenvalue weighted by Crippen LogP contribution is -2.21. The number of halogens is 3. The van der Waals surface area contributed by atoms with Crippen LogP contribution in [0.15, 0.2) is 12.2 Å². The van der Waals surface area contributed by atoms with E-state index in [1.807, 2.05) is 6.92 Å². The van der Waals surface area contributed by atoms with Crippen molar-refractivity contribution in [1.29, 1.82) is 0 Å². The fraction of sp³-hybridized carbons (Fsp3) is 0.556. The van der Waals surface area contributed by atoms with Crippen LogP contribution in [0.25, 0.3) is 0 Å². The maximum absolute atomic E-state index is 10.6. The molecule has 1 atom stereocenters. The average molecular weight is 257 g/mol. The third kappa shape index (κ3) is 12.4. The molecular weight excluding hydrogens is 243 g/mol. The smallest absolute Gasteiger partial charge is 0.475 e. The second-order valence-electron chi connectivity index (χ2n) is 2.76. The third-order valence-corrected chi connectivity index (χ3v) is 1.39. The monoisotopic (exact) mass is 257 g/mol. The van der Waals surface area contributed by atoms with E-state index in [1.165, 1.54) is 13.2 Å². The molecule has 0 heterocycles. The molecule has 0 aromatic rings. The number of carbonyl (C=O) groups excluding carboxylic acids is 1. The van der Waals surface area contributed by atoms with Crippen molar-refractivity contribution in [2.75, 3.05) is 7.11 Å². The van der Waals surface area contributed by atoms with Gasteiger partial charge in [0.25, 0.3) is 0 Å². The van der Waals surface area contributed by atoms with E-state index in [-0.39, 0.29) is 12.0 Å². The molecule has 8 heteroatoms. The van der Waals surface area contributed by atoms with Gasteiger partial charge in [-0.2, -0.15) is 13.2 Å². The van der Waals surface area contributed by atoms with E-state index in [2.05, 4.69) is 4.74 Å². The quantitative estimate of drug-likeness (QED) is 0.583. The van der Waals surface area contributed by atoms with E-state index >= 15 is 0 Å². The number of hydrogen-bond donors (Lipinski definition) is 2. The van der Waals surface area contributed by atoms with Gasteiger partial charge in [-0.05, 0) is 6.42 Å². The molecule has 0 rings (SSSR count). The van der Waals surface area contributed by atoms with E-state index in [0.29, 0.717) is 0 Å². The number of carbonyl (C=O) groups is 2. The van der Waals surface area contributed by atoms with Gasteiger partial charge < -0.3 is 15.6 Å². The first-order valence-corrected chi connectivity index (χ1v) is 4.47. The Morgan fingerprint density at radius 3 is 2.12 bits per heavy atom. The lowest BCUT2D eigenvalue weighted by molar-refractivity contribution is -0.192. The SMILES string of the molecule is CC[C@H](N)/C=C/C(=O)OC.O=C(O)C(F)(F)F. The molecular formula is C9H14F3NO4. The van der Waals surface area contributed by atoms with Crippen LogP contribution in [-0.2, 0) is 14.3 Å². The average Bonchev–Trinajstić information content (AvgIpc) is 2.24. The molecule has 3 N–H and O–H groups in total. The summed E-state index contributed by atoms with van der Waals surface area (Å²) in [5.41, 5.74) is 5.48. The first-order chi connectivity index (χ1) is 7.65. The van der Waals surface area contributed by atoms with Crippen LogP contribution in [-0.4, -0.2) is 36.4 Å². The second-order valence-corrected chi connectivity index (χ2v) is 2.76. The van der Waals surface area contributed by atoms with Crippen molar-refractivity contribution < 1.29 is 32.6 Å². The number of carboxylic acid groups (broad SMARTS) is 1. The lowest BCUT2D eigenvalue weighted by Gasteiger charge is -1.98. The van der Waals surface area contributed by atoms with Crippen molar-refractivity contribution in [3.8, 4) is 0 Å². The zero-order valence-corrected chi connectivity index (χ0v) is 9.32. The Bertz CT molecular complexity index is 276. The summed E-state index contributed by atoms with van der Waals surface area (Å²) in [6.45, 7) is 1.95. The fourth-order valence-corrected chi connectivity index (χ4v) is 0.406. The number of nitrogens with two attached hydrogens (primary N) is 1. The Hall–Kier alpha value is -1.57. The summed E-state index contributed by atoms with van der Waals surface area (Å²) in [5.74, 6) is -3.11. The van der Waals surface area contributed by atoms with E-state index in [4.69, 9.17) is 15.6 Å². The van der Waals surface area contributed by atoms with Crippen LogP contribution in [0.4, 0.5) is 13.2 Å². The van der Waals surface area contributed by atoms with Crippen LogP contribution in [0.1, 0.15) is 13.3 Å². The van der Waals surface area contributed by atoms with Gasteiger partial charge in [0.05, 0.1) is 7.11 Å². The van der Waals surface area contributed by atoms with Crippen LogP contribution in [0.3, 0.4) is 0 Å². The first kappa shape index (κ1) is 17.8. The van der Waals surface area contributed by atoms with Gasteiger partial charge in [0, 0.05) is 12.1 Å². The lowest BCUT2D eigenvalue weighted by atomic mass is 10.2. The first-order valence-electron chi connectivity index (χ1n) is 4.47. The summed E-state index contributed by atoms with van der Waals surface area (Å²) in [5, 5.41) is 7.12. The number of hydrogen-bond acceptors (Lipinski definition) is 4. The minimum atomic E-state index is -5.08. The summed E-state index contributed by atoms with van der Waals surface area (Å²) >= 11 is 0. The Morgan fingerprint density at radius 2 is 1.88 bits per heavy atom. The van der Waals surface area contributed by atoms with E-state index in [1.54, 1.807) is 6.08 Å². The Kier molecular flexibility index (Phi) is 8.98. The minimum absolute atomic E-state index is 0.0425. The van der Waals surface area contributed by atoms with Gasteiger partial charge in [-0.25, -0.2) is 9.59 Å². The molecule has 0 spiro atoms. The molecule has 0 fully saturated rings. The topological polar surface area (TPSA) is 89.6 Å². The Balaban J connectivity index is 0. The van der Waals surface area contributed by atoms with Gasteiger partial charge in [0.2, 0.25) is 0 Å². The molecule has 0 unspecified atom stereocenters. The summed E-state index contributed by atoms with van der Waals surface area (Å²) in [7, 11) is 1.34. The van der Waals surface area contributed by atoms with Gasteiger partial charge in [-0.1, -0.05) is 13.0 Å². The van der Waals surface area contributed by atoms with Crippen molar-refractivity contribution >= 4 is 11.9 Å². The standard InChI is InChI=1S/C7H13NO2.C2HF3O2/c1-3-6(8)4-5-7(9)10-2;3-2(4,5)1(6)7/h4-6H,3,8H2,1-2H3;(H,6,7)/b5-4+;/t6-;/m0./s1. The molecule has 0 saturated carbocycles. The summed E-state index contributed by atoms with van der Waals surface area (Å²) in [4.78, 5) is 19.4. The molecule has 0 aliphatic carbocycles. The minimum Gasteiger partial charge on any atom is -0.475 e. The molecule has 0 saturated heterocycles. The molecule has 0 aromatic carbocycles. The Morgan fingerprint density at radius 1 is 1.47 bits per heavy atom. The third-order valence-electron chi connectivity index (χ3n) is 1.39. The predicted molar refractivity (Wildman–Crippen MR) is 53.1 cm³/mol. The number of esters is 1. The van der Waals surface area contributed by atoms with Gasteiger partial charge in [0.1, 0.15) is 0 Å². The van der Waals surface area contributed by atoms with E-state index < -0.39 is 12.1 Å². The highest BCUT2D eigenvalue weighted by Crippen LogP contribution is 2.13. The molecule has 100 valence electrons. The van der Waals surface area contributed by atoms with Gasteiger partial charge in [-0.3, -0.25) is 0 Å². The van der Waals surface area contributed by atoms with Crippen molar-refractivity contribution in [2.45, 2.75) is 25.6 Å². The molecule has 0 aliphatic heterocycles. The van der Waals surface area contributed by atoms with Gasteiger partial charge in [-0.15, -0.1) is 0 Å². The van der Waals surface area contributed by atoms with Crippen molar-refractivity contribution in [1.82, 2.24) is 0 Å². The molecule has 17 heavy (non-hydrogen) atoms. The van der Waals surface area contributed by atoms with Crippen LogP contribution in [0.5, 0.6) is 0 Å². The molecule has 0 aliphatic rings. The second kappa shape index (κ2) is 8.57. The Labute approximate surface area is 96.0 Å². The highest BCUT2D eigenvalue weighted by atomic mass is 19.4. The number of rotatable bonds is 3. The van der Waals surface area contributed by atoms with Gasteiger partial charge >= 0.3 is 18.1 Å². The van der Waals surface area contributed by atoms with Gasteiger partial charge in [0.15, 0.2) is 0 Å². The summed E-state index contributed by atoms with van der Waals surface area (Å²) < 4.78 is 36.1. The van der Waals surface area contributed by atoms with Crippen LogP contribution in [0.2, 0.25) is 0 Å². The zero-order chi connectivity index (χ0) is 14.1. The molecule has 0 aromatic heterocycles. The highest BCUT2D eigenvalue weighted by molar-refractivity contribution is 5.81. The van der Waals surface area contributed by atoms with Crippen molar-refractivity contribution in [3.63, 3.8) is 0 Å². The zero-order valence-electron chi connectivity index (χ0n) is 9.32. The van der Waals surface area contributed by atoms with E-state index in [9.17, 15) is 18.0 Å². The fourth-order valence-electron chi connectivity index (χ4n) is 0.406. The van der Waals surface area contributed by atoms with Crippen LogP contribution >= 0.6 is 0 Å². The maximum Gasteiger partial charge on any atom is 0.490 e. The number of methoxy groups -OCH3 is 1. The predicted octanol–water partition coefficient (Wildman–Crippen LogP) is 1.09. The summed E-state index contributed by atoms with van der Waals surface area (Å²) in [6, 6.07) is -0.0425. The van der Waals surface area contributed by atoms with Crippen LogP contribution < -0.4 is 5.73 Å². The highest BCUT2D eigenvalue weighted by Gasteiger charge is 2.38. The number of ether oxygens (including phenoxy) is 1. The number of aliphatic carboxylic acids is 1.